The topological polar surface area (TPSA) is 65.0 Å². The van der Waals surface area contributed by atoms with Gasteiger partial charge >= 0.3 is 0 Å². The van der Waals surface area contributed by atoms with E-state index in [0.717, 1.165) is 40.7 Å². The highest BCUT2D eigenvalue weighted by atomic mass is 16.5. The van der Waals surface area contributed by atoms with Crippen molar-refractivity contribution in [3.8, 4) is 5.75 Å². The fraction of sp³-hybridized carbons (Fsp3) is 0.409. The number of carbonyl (C=O) groups is 1. The van der Waals surface area contributed by atoms with Crippen LogP contribution < -0.4 is 10.1 Å². The number of rotatable bonds is 10. The molecule has 0 unspecified atom stereocenters. The minimum absolute atomic E-state index is 0.150. The summed E-state index contributed by atoms with van der Waals surface area (Å²) >= 11 is 0. The van der Waals surface area contributed by atoms with Crippen molar-refractivity contribution in [1.82, 2.24) is 9.96 Å². The van der Waals surface area contributed by atoms with Crippen LogP contribution in [0.1, 0.15) is 32.3 Å². The van der Waals surface area contributed by atoms with Gasteiger partial charge in [0.1, 0.15) is 5.75 Å². The maximum Gasteiger partial charge on any atom is 0.246 e. The predicted molar refractivity (Wildman–Crippen MR) is 112 cm³/mol. The Balaban J connectivity index is 1.84. The number of ether oxygens (including phenoxy) is 1. The van der Waals surface area contributed by atoms with Crippen molar-refractivity contribution in [2.24, 2.45) is 0 Å². The first-order chi connectivity index (χ1) is 13.3. The van der Waals surface area contributed by atoms with Crippen LogP contribution in [0.5, 0.6) is 5.75 Å². The van der Waals surface area contributed by atoms with Gasteiger partial charge in [-0.1, -0.05) is 12.1 Å². The molecule has 6 heteroatoms. The number of benzene rings is 2. The highest BCUT2D eigenvalue weighted by molar-refractivity contribution is 5.74. The Hall–Kier alpha value is -2.57. The lowest BCUT2D eigenvalue weighted by Crippen LogP contribution is -2.27. The van der Waals surface area contributed by atoms with Crippen molar-refractivity contribution in [2.45, 2.75) is 39.3 Å². The van der Waals surface area contributed by atoms with E-state index in [4.69, 9.17) is 4.74 Å². The molecule has 152 valence electrons. The van der Waals surface area contributed by atoms with Crippen molar-refractivity contribution in [3.05, 3.63) is 54.1 Å². The highest BCUT2D eigenvalue weighted by Crippen LogP contribution is 2.21. The molecule has 0 spiro atoms. The summed E-state index contributed by atoms with van der Waals surface area (Å²) in [6, 6.07) is 15.5. The van der Waals surface area contributed by atoms with Crippen molar-refractivity contribution in [2.75, 3.05) is 26.0 Å². The molecule has 0 aliphatic heterocycles. The first kappa shape index (κ1) is 21.7. The van der Waals surface area contributed by atoms with E-state index in [1.807, 2.05) is 81.4 Å². The number of amides is 1. The van der Waals surface area contributed by atoms with E-state index in [-0.39, 0.29) is 18.6 Å². The summed E-state index contributed by atoms with van der Waals surface area (Å²) in [6.45, 7) is 5.00. The summed E-state index contributed by atoms with van der Waals surface area (Å²) in [5.74, 6) is 0.585. The minimum Gasteiger partial charge on any atom is -0.491 e. The summed E-state index contributed by atoms with van der Waals surface area (Å²) in [5.41, 5.74) is 2.77. The van der Waals surface area contributed by atoms with Gasteiger partial charge in [0, 0.05) is 17.8 Å². The second-order valence-electron chi connectivity index (χ2n) is 7.37. The van der Waals surface area contributed by atoms with E-state index in [1.165, 1.54) is 0 Å². The van der Waals surface area contributed by atoms with Gasteiger partial charge in [-0.3, -0.25) is 10.0 Å². The molecular formula is C22H31N3O3. The molecule has 0 bridgehead atoms. The summed E-state index contributed by atoms with van der Waals surface area (Å²) in [6.07, 6.45) is 1.22. The Bertz CT molecular complexity index is 728. The Kier molecular flexibility index (Phi) is 8.29. The van der Waals surface area contributed by atoms with Crippen LogP contribution in [-0.2, 0) is 11.3 Å². The average molecular weight is 386 g/mol. The van der Waals surface area contributed by atoms with E-state index in [1.54, 1.807) is 0 Å². The van der Waals surface area contributed by atoms with Crippen molar-refractivity contribution in [1.29, 1.82) is 0 Å². The molecule has 0 saturated heterocycles. The molecule has 1 amide bonds. The summed E-state index contributed by atoms with van der Waals surface area (Å²) in [5, 5.41) is 14.1. The third-order valence-electron chi connectivity index (χ3n) is 4.08. The molecule has 0 atom stereocenters. The van der Waals surface area contributed by atoms with E-state index >= 15 is 0 Å². The molecule has 6 nitrogen and oxygen atoms in total. The summed E-state index contributed by atoms with van der Waals surface area (Å²) in [7, 11) is 3.93. The predicted octanol–water partition coefficient (Wildman–Crippen LogP) is 4.28. The molecule has 0 radical (unpaired) electrons. The molecular weight excluding hydrogens is 354 g/mol. The van der Waals surface area contributed by atoms with Gasteiger partial charge in [0.05, 0.1) is 12.6 Å². The Labute approximate surface area is 167 Å². The smallest absolute Gasteiger partial charge is 0.246 e. The normalized spacial score (nSPS) is 11.0. The van der Waals surface area contributed by atoms with Gasteiger partial charge in [-0.25, -0.2) is 5.06 Å². The first-order valence-electron chi connectivity index (χ1n) is 9.60. The summed E-state index contributed by atoms with van der Waals surface area (Å²) in [4.78, 5) is 14.0. The van der Waals surface area contributed by atoms with Gasteiger partial charge in [-0.05, 0) is 82.9 Å². The van der Waals surface area contributed by atoms with Crippen LogP contribution in [0.2, 0.25) is 0 Å². The van der Waals surface area contributed by atoms with Gasteiger partial charge in [0.15, 0.2) is 0 Å². The van der Waals surface area contributed by atoms with Crippen LogP contribution in [0.15, 0.2) is 48.5 Å². The zero-order valence-corrected chi connectivity index (χ0v) is 17.2. The van der Waals surface area contributed by atoms with Gasteiger partial charge in [0.25, 0.3) is 0 Å². The van der Waals surface area contributed by atoms with Gasteiger partial charge in [-0.15, -0.1) is 0 Å². The quantitative estimate of drug-likeness (QED) is 0.472. The number of hydroxylamine groups is 2. The molecule has 2 aromatic carbocycles. The largest absolute Gasteiger partial charge is 0.491 e. The van der Waals surface area contributed by atoms with Gasteiger partial charge in [-0.2, -0.15) is 0 Å². The average Bonchev–Trinajstić information content (AvgIpc) is 2.64. The Morgan fingerprint density at radius 3 is 2.14 bits per heavy atom. The highest BCUT2D eigenvalue weighted by Gasteiger charge is 2.11. The Morgan fingerprint density at radius 1 is 1.04 bits per heavy atom. The zero-order valence-electron chi connectivity index (χ0n) is 17.2. The lowest BCUT2D eigenvalue weighted by molar-refractivity contribution is -0.168. The number of carbonyl (C=O) groups excluding carboxylic acids is 1. The van der Waals surface area contributed by atoms with Crippen molar-refractivity contribution >= 4 is 17.3 Å². The molecule has 0 aromatic heterocycles. The summed E-state index contributed by atoms with van der Waals surface area (Å²) < 4.78 is 5.64. The zero-order chi connectivity index (χ0) is 20.5. The Morgan fingerprint density at radius 2 is 1.61 bits per heavy atom. The van der Waals surface area contributed by atoms with Crippen LogP contribution in [0, 0.1) is 0 Å². The number of hydrogen-bond acceptors (Lipinski definition) is 5. The molecule has 0 saturated carbocycles. The lowest BCUT2D eigenvalue weighted by Gasteiger charge is -2.16. The van der Waals surface area contributed by atoms with Crippen LogP contribution in [-0.4, -0.2) is 47.8 Å². The maximum absolute atomic E-state index is 12.0. The molecule has 2 rings (SSSR count). The number of nitrogens with one attached hydrogen (secondary N) is 1. The molecule has 0 heterocycles. The number of hydrogen-bond donors (Lipinski definition) is 2. The standard InChI is InChI=1S/C22H31N3O3/c1-17(2)28-21-13-11-20(12-14-21)23-19-9-7-18(8-10-19)16-25(27)22(26)6-5-15-24(3)4/h7-14,17,23,27H,5-6,15-16H2,1-4H3. The second kappa shape index (κ2) is 10.7. The number of nitrogens with zero attached hydrogens (tertiary/aromatic N) is 2. The first-order valence-corrected chi connectivity index (χ1v) is 9.60. The van der Waals surface area contributed by atoms with E-state index in [0.29, 0.717) is 6.42 Å². The SMILES string of the molecule is CC(C)Oc1ccc(Nc2ccc(CN(O)C(=O)CCCN(C)C)cc2)cc1. The van der Waals surface area contributed by atoms with Crippen LogP contribution >= 0.6 is 0 Å². The molecule has 28 heavy (non-hydrogen) atoms. The molecule has 2 aromatic rings. The van der Waals surface area contributed by atoms with E-state index in [9.17, 15) is 10.0 Å². The monoisotopic (exact) mass is 385 g/mol. The van der Waals surface area contributed by atoms with Crippen LogP contribution in [0.25, 0.3) is 0 Å². The maximum atomic E-state index is 12.0. The fourth-order valence-corrected chi connectivity index (χ4v) is 2.69. The van der Waals surface area contributed by atoms with Crippen LogP contribution in [0.4, 0.5) is 11.4 Å². The lowest BCUT2D eigenvalue weighted by atomic mass is 10.2. The second-order valence-corrected chi connectivity index (χ2v) is 7.37. The van der Waals surface area contributed by atoms with Gasteiger partial charge < -0.3 is 15.0 Å². The third kappa shape index (κ3) is 7.58. The molecule has 0 aliphatic carbocycles. The fourth-order valence-electron chi connectivity index (χ4n) is 2.69. The molecule has 0 fully saturated rings. The van der Waals surface area contributed by atoms with Crippen molar-refractivity contribution in [3.63, 3.8) is 0 Å². The van der Waals surface area contributed by atoms with E-state index in [2.05, 4.69) is 5.32 Å². The molecule has 2 N–H and O–H groups in total. The van der Waals surface area contributed by atoms with E-state index < -0.39 is 0 Å². The van der Waals surface area contributed by atoms with Crippen molar-refractivity contribution < 1.29 is 14.7 Å². The number of anilines is 2. The van der Waals surface area contributed by atoms with Gasteiger partial charge in [0.2, 0.25) is 5.91 Å². The van der Waals surface area contributed by atoms with Crippen LogP contribution in [0.3, 0.4) is 0 Å². The third-order valence-corrected chi connectivity index (χ3v) is 4.08. The minimum atomic E-state index is -0.257. The molecule has 0 aliphatic rings.